The van der Waals surface area contributed by atoms with Gasteiger partial charge in [-0.2, -0.15) is 0 Å². The molecule has 0 saturated heterocycles. The molecule has 122 valence electrons. The fraction of sp³-hybridized carbons (Fsp3) is 0.158. The maximum absolute atomic E-state index is 11.8. The first-order valence-electron chi connectivity index (χ1n) is 7.84. The second-order valence-electron chi connectivity index (χ2n) is 5.41. The van der Waals surface area contributed by atoms with Crippen LogP contribution in [0.15, 0.2) is 71.7 Å². The monoisotopic (exact) mass is 321 g/mol. The Kier molecular flexibility index (Phi) is 5.24. The topological polar surface area (TPSA) is 67.2 Å². The van der Waals surface area contributed by atoms with Gasteiger partial charge in [0.05, 0.1) is 18.2 Å². The van der Waals surface area contributed by atoms with Crippen LogP contribution in [0.2, 0.25) is 0 Å². The lowest BCUT2D eigenvalue weighted by Crippen LogP contribution is -2.36. The molecule has 0 atom stereocenters. The van der Waals surface area contributed by atoms with Crippen molar-refractivity contribution in [2.45, 2.75) is 13.0 Å². The molecule has 5 heteroatoms. The van der Waals surface area contributed by atoms with E-state index in [1.807, 2.05) is 48.5 Å². The third-order valence-corrected chi connectivity index (χ3v) is 3.64. The Morgan fingerprint density at radius 2 is 1.88 bits per heavy atom. The van der Waals surface area contributed by atoms with Gasteiger partial charge in [0.15, 0.2) is 0 Å². The molecule has 24 heavy (non-hydrogen) atoms. The van der Waals surface area contributed by atoms with Crippen LogP contribution >= 0.6 is 0 Å². The maximum atomic E-state index is 11.8. The number of amides is 2. The zero-order valence-corrected chi connectivity index (χ0v) is 13.2. The fourth-order valence-corrected chi connectivity index (χ4v) is 2.32. The van der Waals surface area contributed by atoms with Gasteiger partial charge in [0.1, 0.15) is 0 Å². The van der Waals surface area contributed by atoms with Crippen LogP contribution in [0.1, 0.15) is 11.1 Å². The van der Waals surface area contributed by atoms with Crippen LogP contribution in [0.5, 0.6) is 0 Å². The van der Waals surface area contributed by atoms with Crippen molar-refractivity contribution in [2.24, 2.45) is 0 Å². The zero-order valence-electron chi connectivity index (χ0n) is 13.2. The molecular weight excluding hydrogens is 302 g/mol. The smallest absolute Gasteiger partial charge is 0.315 e. The summed E-state index contributed by atoms with van der Waals surface area (Å²) in [6.45, 7) is 1.05. The second-order valence-corrected chi connectivity index (χ2v) is 5.41. The highest BCUT2D eigenvalue weighted by atomic mass is 16.3. The van der Waals surface area contributed by atoms with E-state index in [1.54, 1.807) is 18.7 Å². The lowest BCUT2D eigenvalue weighted by atomic mass is 10.1. The Balaban J connectivity index is 1.41. The number of nitrogens with zero attached hydrogens (tertiary/aromatic N) is 1. The number of carbonyl (C=O) groups is 1. The van der Waals surface area contributed by atoms with Crippen LogP contribution in [0.3, 0.4) is 0 Å². The Hall–Kier alpha value is -3.08. The molecule has 1 aromatic carbocycles. The largest absolute Gasteiger partial charge is 0.472 e. The minimum atomic E-state index is -0.176. The minimum Gasteiger partial charge on any atom is -0.472 e. The molecule has 2 amide bonds. The van der Waals surface area contributed by atoms with Crippen LogP contribution in [0.25, 0.3) is 11.3 Å². The summed E-state index contributed by atoms with van der Waals surface area (Å²) in [4.78, 5) is 16.2. The number of nitrogens with one attached hydrogen (secondary N) is 2. The molecule has 0 radical (unpaired) electrons. The van der Waals surface area contributed by atoms with Crippen molar-refractivity contribution in [1.82, 2.24) is 15.6 Å². The number of furan rings is 1. The molecule has 2 N–H and O–H groups in total. The summed E-state index contributed by atoms with van der Waals surface area (Å²) in [5.74, 6) is 0. The van der Waals surface area contributed by atoms with Crippen LogP contribution in [-0.2, 0) is 13.0 Å². The lowest BCUT2D eigenvalue weighted by Gasteiger charge is -2.08. The molecule has 0 bridgehead atoms. The predicted molar refractivity (Wildman–Crippen MR) is 92.3 cm³/mol. The van der Waals surface area contributed by atoms with Gasteiger partial charge < -0.3 is 15.1 Å². The molecule has 0 saturated carbocycles. The van der Waals surface area contributed by atoms with Crippen molar-refractivity contribution in [2.75, 3.05) is 6.54 Å². The van der Waals surface area contributed by atoms with Crippen molar-refractivity contribution >= 4 is 6.03 Å². The third-order valence-electron chi connectivity index (χ3n) is 3.64. The van der Waals surface area contributed by atoms with Gasteiger partial charge in [-0.25, -0.2) is 4.79 Å². The van der Waals surface area contributed by atoms with Crippen molar-refractivity contribution in [1.29, 1.82) is 0 Å². The van der Waals surface area contributed by atoms with Gasteiger partial charge in [-0.15, -0.1) is 0 Å². The summed E-state index contributed by atoms with van der Waals surface area (Å²) >= 11 is 0. The Labute approximate surface area is 140 Å². The van der Waals surface area contributed by atoms with Crippen LogP contribution in [0.4, 0.5) is 4.79 Å². The molecule has 3 aromatic rings. The van der Waals surface area contributed by atoms with Gasteiger partial charge in [-0.05, 0) is 29.7 Å². The van der Waals surface area contributed by atoms with Gasteiger partial charge in [-0.3, -0.25) is 4.98 Å². The number of pyridine rings is 1. The second kappa shape index (κ2) is 7.97. The van der Waals surface area contributed by atoms with Crippen LogP contribution < -0.4 is 10.6 Å². The van der Waals surface area contributed by atoms with Crippen molar-refractivity contribution in [3.05, 3.63) is 78.4 Å². The van der Waals surface area contributed by atoms with E-state index < -0.39 is 0 Å². The van der Waals surface area contributed by atoms with Gasteiger partial charge in [0.2, 0.25) is 0 Å². The van der Waals surface area contributed by atoms with E-state index in [0.29, 0.717) is 13.1 Å². The first-order valence-corrected chi connectivity index (χ1v) is 7.84. The van der Waals surface area contributed by atoms with E-state index >= 15 is 0 Å². The Morgan fingerprint density at radius 1 is 1.00 bits per heavy atom. The summed E-state index contributed by atoms with van der Waals surface area (Å²) in [5, 5.41) is 5.68. The van der Waals surface area contributed by atoms with Crippen molar-refractivity contribution in [3.63, 3.8) is 0 Å². The standard InChI is InChI=1S/C19H19N3O2/c23-19(20-10-8-15-4-2-1-3-5-15)22-13-16-6-7-18(21-12-16)17-9-11-24-14-17/h1-7,9,11-12,14H,8,10,13H2,(H2,20,22,23). The highest BCUT2D eigenvalue weighted by molar-refractivity contribution is 5.73. The van der Waals surface area contributed by atoms with E-state index in [2.05, 4.69) is 15.6 Å². The summed E-state index contributed by atoms with van der Waals surface area (Å²) < 4.78 is 5.04. The summed E-state index contributed by atoms with van der Waals surface area (Å²) in [5.41, 5.74) is 3.94. The number of benzene rings is 1. The van der Waals surface area contributed by atoms with E-state index in [0.717, 1.165) is 23.2 Å². The van der Waals surface area contributed by atoms with Crippen molar-refractivity contribution in [3.8, 4) is 11.3 Å². The highest BCUT2D eigenvalue weighted by Crippen LogP contribution is 2.16. The molecule has 0 unspecified atom stereocenters. The van der Waals surface area contributed by atoms with Crippen molar-refractivity contribution < 1.29 is 9.21 Å². The Bertz CT molecular complexity index is 753. The van der Waals surface area contributed by atoms with E-state index in [1.165, 1.54) is 5.56 Å². The van der Waals surface area contributed by atoms with E-state index in [-0.39, 0.29) is 6.03 Å². The molecule has 0 aliphatic heterocycles. The van der Waals surface area contributed by atoms with Crippen LogP contribution in [0, 0.1) is 0 Å². The Morgan fingerprint density at radius 3 is 2.58 bits per heavy atom. The van der Waals surface area contributed by atoms with Gasteiger partial charge in [-0.1, -0.05) is 36.4 Å². The number of aromatic nitrogens is 1. The molecule has 2 aromatic heterocycles. The predicted octanol–water partition coefficient (Wildman–Crippen LogP) is 3.38. The molecule has 3 rings (SSSR count). The number of hydrogen-bond donors (Lipinski definition) is 2. The third kappa shape index (κ3) is 4.46. The molecule has 0 aliphatic carbocycles. The molecule has 2 heterocycles. The fourth-order valence-electron chi connectivity index (χ4n) is 2.32. The minimum absolute atomic E-state index is 0.176. The highest BCUT2D eigenvalue weighted by Gasteiger charge is 2.03. The van der Waals surface area contributed by atoms with E-state index in [4.69, 9.17) is 4.42 Å². The molecule has 0 aliphatic rings. The van der Waals surface area contributed by atoms with Crippen LogP contribution in [-0.4, -0.2) is 17.6 Å². The average Bonchev–Trinajstić information content (AvgIpc) is 3.16. The number of carbonyl (C=O) groups excluding carboxylic acids is 1. The first kappa shape index (κ1) is 15.8. The maximum Gasteiger partial charge on any atom is 0.315 e. The normalized spacial score (nSPS) is 10.3. The zero-order chi connectivity index (χ0) is 16.6. The van der Waals surface area contributed by atoms with E-state index in [9.17, 15) is 4.79 Å². The van der Waals surface area contributed by atoms with Gasteiger partial charge >= 0.3 is 6.03 Å². The SMILES string of the molecule is O=C(NCCc1ccccc1)NCc1ccc(-c2ccoc2)nc1. The summed E-state index contributed by atoms with van der Waals surface area (Å²) in [6.07, 6.45) is 5.84. The number of urea groups is 1. The lowest BCUT2D eigenvalue weighted by molar-refractivity contribution is 0.240. The summed E-state index contributed by atoms with van der Waals surface area (Å²) in [6, 6.07) is 15.6. The van der Waals surface area contributed by atoms with Gasteiger partial charge in [0, 0.05) is 24.8 Å². The quantitative estimate of drug-likeness (QED) is 0.731. The first-order chi connectivity index (χ1) is 11.8. The van der Waals surface area contributed by atoms with Gasteiger partial charge in [0.25, 0.3) is 0 Å². The molecule has 5 nitrogen and oxygen atoms in total. The number of hydrogen-bond acceptors (Lipinski definition) is 3. The number of rotatable bonds is 6. The summed E-state index contributed by atoms with van der Waals surface area (Å²) in [7, 11) is 0. The average molecular weight is 321 g/mol. The molecule has 0 fully saturated rings. The molecule has 0 spiro atoms. The molecular formula is C19H19N3O2.